The number of Topliss-reactive ketones (excluding diaryl/α,β-unsaturated/α-hetero) is 1. The maximum Gasteiger partial charge on any atom is 0.235 e. The Morgan fingerprint density at radius 2 is 1.38 bits per heavy atom. The lowest BCUT2D eigenvalue weighted by Crippen LogP contribution is -2.43. The Balaban J connectivity index is 3.16. The lowest BCUT2D eigenvalue weighted by Gasteiger charge is -2.37. The summed E-state index contributed by atoms with van der Waals surface area (Å²) in [7, 11) is -1.84. The molecule has 0 aromatic heterocycles. The van der Waals surface area contributed by atoms with E-state index in [1.807, 2.05) is 0 Å². The molecule has 0 spiro atoms. The van der Waals surface area contributed by atoms with Crippen LogP contribution >= 0.6 is 11.6 Å². The summed E-state index contributed by atoms with van der Waals surface area (Å²) in [5.74, 6) is 2.83. The van der Waals surface area contributed by atoms with Gasteiger partial charge in [0.1, 0.15) is 8.07 Å². The van der Waals surface area contributed by atoms with Crippen molar-refractivity contribution in [2.45, 2.75) is 58.2 Å². The van der Waals surface area contributed by atoms with Crippen molar-refractivity contribution < 1.29 is 4.79 Å². The Bertz CT molecular complexity index is 525. The van der Waals surface area contributed by atoms with Crippen LogP contribution in [0, 0.1) is 11.5 Å². The molecule has 0 atom stereocenters. The van der Waals surface area contributed by atoms with Crippen LogP contribution in [0.2, 0.25) is 21.6 Å². The quantitative estimate of drug-likeness (QED) is 0.392. The predicted molar refractivity (Wildman–Crippen MR) is 94.6 cm³/mol. The molecule has 0 heterocycles. The van der Waals surface area contributed by atoms with E-state index in [4.69, 9.17) is 11.6 Å². The topological polar surface area (TPSA) is 17.1 Å². The summed E-state index contributed by atoms with van der Waals surface area (Å²) in [5.41, 5.74) is 5.66. The first-order valence-corrected chi connectivity index (χ1v) is 10.2. The van der Waals surface area contributed by atoms with Crippen LogP contribution < -0.4 is 0 Å². The Morgan fingerprint density at radius 1 is 0.952 bits per heavy atom. The van der Waals surface area contributed by atoms with Crippen LogP contribution in [0.4, 0.5) is 0 Å². The summed E-state index contributed by atoms with van der Waals surface area (Å²) >= 11 is 5.85. The van der Waals surface area contributed by atoms with Gasteiger partial charge in [0.05, 0.1) is 0 Å². The smallest absolute Gasteiger partial charge is 0.235 e. The maximum atomic E-state index is 12.3. The molecule has 0 unspecified atom stereocenters. The fourth-order valence-electron chi connectivity index (χ4n) is 3.27. The summed E-state index contributed by atoms with van der Waals surface area (Å²) in [6, 6.07) is 6.94. The largest absolute Gasteiger partial charge is 0.279 e. The molecule has 0 aliphatic rings. The molecular weight excluding hydrogens is 296 g/mol. The number of hydrogen-bond acceptors (Lipinski definition) is 1. The summed E-state index contributed by atoms with van der Waals surface area (Å²) < 4.78 is 0. The van der Waals surface area contributed by atoms with Gasteiger partial charge in [0.2, 0.25) is 5.78 Å². The van der Waals surface area contributed by atoms with Crippen molar-refractivity contribution >= 4 is 25.5 Å². The van der Waals surface area contributed by atoms with Crippen molar-refractivity contribution in [3.8, 4) is 11.5 Å². The van der Waals surface area contributed by atoms with Crippen LogP contribution in [0.5, 0.6) is 0 Å². The number of carbonyl (C=O) groups excluding carboxylic acids is 1. The molecule has 0 aliphatic carbocycles. The second-order valence-electron chi connectivity index (χ2n) is 6.48. The molecule has 0 radical (unpaired) electrons. The normalized spacial score (nSPS) is 11.7. The first kappa shape index (κ1) is 18.0. The number of carbonyl (C=O) groups is 1. The second kappa shape index (κ2) is 7.29. The molecule has 0 fully saturated rings. The van der Waals surface area contributed by atoms with Gasteiger partial charge in [-0.3, -0.25) is 4.79 Å². The minimum atomic E-state index is -1.84. The Kier molecular flexibility index (Phi) is 6.25. The van der Waals surface area contributed by atoms with Crippen molar-refractivity contribution in [1.82, 2.24) is 0 Å². The molecule has 0 N–H and O–H groups in total. The van der Waals surface area contributed by atoms with Crippen molar-refractivity contribution in [3.05, 3.63) is 34.9 Å². The molecule has 1 aromatic carbocycles. The molecule has 21 heavy (non-hydrogen) atoms. The summed E-state index contributed by atoms with van der Waals surface area (Å²) in [6.07, 6.45) is 0. The summed E-state index contributed by atoms with van der Waals surface area (Å²) in [5, 5.41) is 0.634. The van der Waals surface area contributed by atoms with Gasteiger partial charge < -0.3 is 0 Å². The number of hydrogen-bond donors (Lipinski definition) is 0. The molecule has 1 nitrogen and oxygen atoms in total. The van der Waals surface area contributed by atoms with Gasteiger partial charge >= 0.3 is 0 Å². The fourth-order valence-corrected chi connectivity index (χ4v) is 8.59. The van der Waals surface area contributed by atoms with Crippen LogP contribution in [-0.4, -0.2) is 13.9 Å². The zero-order chi connectivity index (χ0) is 16.2. The van der Waals surface area contributed by atoms with E-state index in [9.17, 15) is 4.79 Å². The number of halogens is 1. The van der Waals surface area contributed by atoms with E-state index in [2.05, 4.69) is 53.0 Å². The third kappa shape index (κ3) is 3.99. The van der Waals surface area contributed by atoms with E-state index in [0.29, 0.717) is 27.2 Å². The van der Waals surface area contributed by atoms with Crippen molar-refractivity contribution in [2.24, 2.45) is 0 Å². The highest BCUT2D eigenvalue weighted by Crippen LogP contribution is 2.40. The van der Waals surface area contributed by atoms with E-state index in [1.165, 1.54) is 0 Å². The van der Waals surface area contributed by atoms with E-state index < -0.39 is 8.07 Å². The van der Waals surface area contributed by atoms with Gasteiger partial charge in [0, 0.05) is 10.6 Å². The Morgan fingerprint density at radius 3 is 1.76 bits per heavy atom. The van der Waals surface area contributed by atoms with Gasteiger partial charge in [-0.1, -0.05) is 53.1 Å². The van der Waals surface area contributed by atoms with Crippen molar-refractivity contribution in [3.63, 3.8) is 0 Å². The number of ketones is 1. The Hall–Kier alpha value is -1.04. The molecule has 0 aliphatic heterocycles. The fraction of sp³-hybridized carbons (Fsp3) is 0.500. The third-order valence-electron chi connectivity index (χ3n) is 4.36. The van der Waals surface area contributed by atoms with Gasteiger partial charge in [-0.05, 0) is 46.8 Å². The number of benzene rings is 1. The molecule has 3 heteroatoms. The lowest BCUT2D eigenvalue weighted by molar-refractivity contribution is 0.105. The molecule has 0 saturated heterocycles. The van der Waals surface area contributed by atoms with E-state index in [0.717, 1.165) is 0 Å². The zero-order valence-corrected chi connectivity index (χ0v) is 15.6. The molecular formula is C18H25ClOSi. The van der Waals surface area contributed by atoms with Crippen LogP contribution in [-0.2, 0) is 0 Å². The molecule has 1 rings (SSSR count). The van der Waals surface area contributed by atoms with E-state index in [1.54, 1.807) is 24.3 Å². The van der Waals surface area contributed by atoms with Gasteiger partial charge in [-0.2, -0.15) is 0 Å². The molecule has 1 aromatic rings. The van der Waals surface area contributed by atoms with Gasteiger partial charge in [0.25, 0.3) is 0 Å². The minimum absolute atomic E-state index is 0.106. The van der Waals surface area contributed by atoms with Crippen molar-refractivity contribution in [2.75, 3.05) is 0 Å². The van der Waals surface area contributed by atoms with Gasteiger partial charge in [-0.15, -0.1) is 5.54 Å². The average molecular weight is 321 g/mol. The molecule has 0 amide bonds. The number of rotatable bonds is 4. The second-order valence-corrected chi connectivity index (χ2v) is 12.5. The average Bonchev–Trinajstić information content (AvgIpc) is 2.38. The molecule has 0 saturated carbocycles. The zero-order valence-electron chi connectivity index (χ0n) is 13.8. The summed E-state index contributed by atoms with van der Waals surface area (Å²) in [6.45, 7) is 13.5. The van der Waals surface area contributed by atoms with Gasteiger partial charge in [0.15, 0.2) is 0 Å². The standard InChI is InChI=1S/C18H25ClOSi/c1-13(2)21(14(3)4,15(5)6)12-11-18(20)16-7-9-17(19)10-8-16/h7-10,13-15H,1-6H3. The first-order valence-electron chi connectivity index (χ1n) is 7.54. The van der Waals surface area contributed by atoms with E-state index >= 15 is 0 Å². The Labute approximate surface area is 135 Å². The highest BCUT2D eigenvalue weighted by molar-refractivity contribution is 6.90. The predicted octanol–water partition coefficient (Wildman–Crippen LogP) is 5.74. The van der Waals surface area contributed by atoms with Gasteiger partial charge in [-0.25, -0.2) is 0 Å². The molecule has 0 bridgehead atoms. The lowest BCUT2D eigenvalue weighted by atomic mass is 10.1. The van der Waals surface area contributed by atoms with Crippen LogP contribution in [0.1, 0.15) is 51.9 Å². The highest BCUT2D eigenvalue weighted by Gasteiger charge is 2.41. The van der Waals surface area contributed by atoms with Crippen LogP contribution in [0.25, 0.3) is 0 Å². The SMILES string of the molecule is CC(C)[Si](C#CC(=O)c1ccc(Cl)cc1)(C(C)C)C(C)C. The minimum Gasteiger partial charge on any atom is -0.279 e. The highest BCUT2D eigenvalue weighted by atomic mass is 35.5. The maximum absolute atomic E-state index is 12.3. The van der Waals surface area contributed by atoms with Crippen LogP contribution in [0.3, 0.4) is 0 Å². The van der Waals surface area contributed by atoms with Crippen LogP contribution in [0.15, 0.2) is 24.3 Å². The van der Waals surface area contributed by atoms with E-state index in [-0.39, 0.29) is 5.78 Å². The molecule has 114 valence electrons. The van der Waals surface area contributed by atoms with Crippen molar-refractivity contribution in [1.29, 1.82) is 0 Å². The first-order chi connectivity index (χ1) is 9.71. The monoisotopic (exact) mass is 320 g/mol. The third-order valence-corrected chi connectivity index (χ3v) is 10.9. The summed E-state index contributed by atoms with van der Waals surface area (Å²) in [4.78, 5) is 12.3.